The number of hydrogen-bond acceptors (Lipinski definition) is 4. The molecule has 9 heteroatoms. The molecule has 0 saturated carbocycles. The fourth-order valence-electron chi connectivity index (χ4n) is 3.32. The first-order valence-corrected chi connectivity index (χ1v) is 11.6. The molecule has 1 fully saturated rings. The van der Waals surface area contributed by atoms with Crippen LogP contribution in [-0.4, -0.2) is 17.8 Å². The zero-order chi connectivity index (χ0) is 24.4. The molecule has 1 aliphatic rings. The van der Waals surface area contributed by atoms with Crippen LogP contribution in [0.25, 0.3) is 6.08 Å². The van der Waals surface area contributed by atoms with Crippen molar-refractivity contribution in [3.63, 3.8) is 0 Å². The standard InChI is InChI=1S/C25H17BrCl2N2O4/c1-14-5-7-19(12-21(14)28)30-24(32)20(23(31)29-25(30)33)11-16-10-17(26)6-8-22(16)34-13-15-3-2-4-18(27)9-15/h2-12H,13H2,1H3,(H,29,31,33)/b20-11+. The first-order chi connectivity index (χ1) is 16.2. The van der Waals surface area contributed by atoms with E-state index in [-0.39, 0.29) is 17.9 Å². The van der Waals surface area contributed by atoms with E-state index in [1.807, 2.05) is 12.1 Å². The number of anilines is 1. The lowest BCUT2D eigenvalue weighted by atomic mass is 10.1. The molecule has 0 aliphatic carbocycles. The first kappa shape index (κ1) is 24.0. The summed E-state index contributed by atoms with van der Waals surface area (Å²) in [7, 11) is 0. The average molecular weight is 560 g/mol. The number of benzene rings is 3. The Balaban J connectivity index is 1.68. The lowest BCUT2D eigenvalue weighted by Crippen LogP contribution is -2.54. The third kappa shape index (κ3) is 5.17. The number of nitrogens with one attached hydrogen (secondary N) is 1. The van der Waals surface area contributed by atoms with E-state index in [1.54, 1.807) is 49.4 Å². The van der Waals surface area contributed by atoms with Crippen molar-refractivity contribution in [2.45, 2.75) is 13.5 Å². The molecule has 3 aromatic rings. The Labute approximate surface area is 214 Å². The lowest BCUT2D eigenvalue weighted by molar-refractivity contribution is -0.122. The van der Waals surface area contributed by atoms with E-state index < -0.39 is 17.8 Å². The molecule has 0 aromatic heterocycles. The summed E-state index contributed by atoms with van der Waals surface area (Å²) >= 11 is 15.6. The number of halogens is 3. The second-order valence-corrected chi connectivity index (χ2v) is 9.25. The maximum atomic E-state index is 13.2. The number of carbonyl (C=O) groups excluding carboxylic acids is 3. The number of barbiturate groups is 1. The van der Waals surface area contributed by atoms with E-state index in [2.05, 4.69) is 21.2 Å². The van der Waals surface area contributed by atoms with Gasteiger partial charge in [-0.1, -0.05) is 57.3 Å². The van der Waals surface area contributed by atoms with E-state index in [4.69, 9.17) is 27.9 Å². The number of imide groups is 2. The number of amides is 4. The number of carbonyl (C=O) groups is 3. The Kier molecular flexibility index (Phi) is 7.07. The van der Waals surface area contributed by atoms with Crippen LogP contribution < -0.4 is 15.0 Å². The molecule has 0 spiro atoms. The topological polar surface area (TPSA) is 75.7 Å². The molecular weight excluding hydrogens is 543 g/mol. The van der Waals surface area contributed by atoms with Gasteiger partial charge in [0.05, 0.1) is 5.69 Å². The Hall–Kier alpha value is -3.13. The summed E-state index contributed by atoms with van der Waals surface area (Å²) in [5, 5.41) is 3.19. The van der Waals surface area contributed by atoms with Gasteiger partial charge in [0.1, 0.15) is 17.9 Å². The van der Waals surface area contributed by atoms with Crippen molar-refractivity contribution in [3.05, 3.63) is 97.4 Å². The highest BCUT2D eigenvalue weighted by Gasteiger charge is 2.37. The average Bonchev–Trinajstić information content (AvgIpc) is 2.78. The SMILES string of the molecule is Cc1ccc(N2C(=O)NC(=O)/C(=C\c3cc(Br)ccc3OCc3cccc(Cl)c3)C2=O)cc1Cl. The van der Waals surface area contributed by atoms with Crippen molar-refractivity contribution < 1.29 is 19.1 Å². The van der Waals surface area contributed by atoms with E-state index in [0.29, 0.717) is 21.4 Å². The normalized spacial score (nSPS) is 15.0. The van der Waals surface area contributed by atoms with Gasteiger partial charge in [-0.05, 0) is 66.6 Å². The fourth-order valence-corrected chi connectivity index (χ4v) is 4.09. The molecule has 1 aliphatic heterocycles. The molecule has 1 N–H and O–H groups in total. The monoisotopic (exact) mass is 558 g/mol. The quantitative estimate of drug-likeness (QED) is 0.293. The maximum absolute atomic E-state index is 13.2. The zero-order valence-electron chi connectivity index (χ0n) is 17.8. The van der Waals surface area contributed by atoms with E-state index in [9.17, 15) is 14.4 Å². The van der Waals surface area contributed by atoms with Gasteiger partial charge in [0.25, 0.3) is 11.8 Å². The highest BCUT2D eigenvalue weighted by atomic mass is 79.9. The molecule has 172 valence electrons. The number of urea groups is 1. The third-order valence-corrected chi connectivity index (χ3v) is 6.21. The van der Waals surface area contributed by atoms with Crippen LogP contribution in [-0.2, 0) is 16.2 Å². The second-order valence-electron chi connectivity index (χ2n) is 7.49. The van der Waals surface area contributed by atoms with Crippen molar-refractivity contribution in [3.8, 4) is 5.75 Å². The third-order valence-electron chi connectivity index (χ3n) is 5.07. The van der Waals surface area contributed by atoms with Crippen molar-refractivity contribution in [2.24, 2.45) is 0 Å². The van der Waals surface area contributed by atoms with Crippen LogP contribution in [0.4, 0.5) is 10.5 Å². The molecule has 0 atom stereocenters. The fraction of sp³-hybridized carbons (Fsp3) is 0.0800. The molecule has 0 bridgehead atoms. The molecule has 4 rings (SSSR count). The number of ether oxygens (including phenoxy) is 1. The Morgan fingerprint density at radius 1 is 1.03 bits per heavy atom. The summed E-state index contributed by atoms with van der Waals surface area (Å²) in [4.78, 5) is 39.2. The van der Waals surface area contributed by atoms with Crippen LogP contribution in [0.5, 0.6) is 5.75 Å². The predicted molar refractivity (Wildman–Crippen MR) is 135 cm³/mol. The minimum absolute atomic E-state index is 0.220. The van der Waals surface area contributed by atoms with E-state index >= 15 is 0 Å². The van der Waals surface area contributed by atoms with Gasteiger partial charge in [0, 0.05) is 20.1 Å². The number of aryl methyl sites for hydroxylation is 1. The van der Waals surface area contributed by atoms with Crippen molar-refractivity contribution in [1.82, 2.24) is 5.32 Å². The molecule has 0 unspecified atom stereocenters. The molecule has 6 nitrogen and oxygen atoms in total. The van der Waals surface area contributed by atoms with E-state index in [1.165, 1.54) is 12.1 Å². The van der Waals surface area contributed by atoms with Crippen LogP contribution >= 0.6 is 39.1 Å². The van der Waals surface area contributed by atoms with Crippen LogP contribution in [0, 0.1) is 6.92 Å². The molecule has 0 radical (unpaired) electrons. The molecule has 34 heavy (non-hydrogen) atoms. The van der Waals surface area contributed by atoms with Crippen molar-refractivity contribution in [2.75, 3.05) is 4.90 Å². The Bertz CT molecular complexity index is 1360. The Morgan fingerprint density at radius 2 is 1.82 bits per heavy atom. The van der Waals surface area contributed by atoms with E-state index in [0.717, 1.165) is 20.5 Å². The van der Waals surface area contributed by atoms with Gasteiger partial charge in [-0.25, -0.2) is 9.69 Å². The highest BCUT2D eigenvalue weighted by Crippen LogP contribution is 2.30. The maximum Gasteiger partial charge on any atom is 0.335 e. The van der Waals surface area contributed by atoms with Crippen LogP contribution in [0.3, 0.4) is 0 Å². The highest BCUT2D eigenvalue weighted by molar-refractivity contribution is 9.10. The van der Waals surface area contributed by atoms with Gasteiger partial charge in [0.15, 0.2) is 0 Å². The summed E-state index contributed by atoms with van der Waals surface area (Å²) in [5.74, 6) is -1.13. The second kappa shape index (κ2) is 10.0. The largest absolute Gasteiger partial charge is 0.488 e. The molecule has 3 aromatic carbocycles. The first-order valence-electron chi connectivity index (χ1n) is 10.1. The van der Waals surface area contributed by atoms with Crippen LogP contribution in [0.2, 0.25) is 10.0 Å². The van der Waals surface area contributed by atoms with Crippen molar-refractivity contribution >= 4 is 68.7 Å². The molecule has 1 saturated heterocycles. The smallest absolute Gasteiger partial charge is 0.335 e. The number of nitrogens with zero attached hydrogens (tertiary/aromatic N) is 1. The zero-order valence-corrected chi connectivity index (χ0v) is 20.9. The number of rotatable bonds is 5. The molecule has 1 heterocycles. The minimum atomic E-state index is -0.848. The summed E-state index contributed by atoms with van der Waals surface area (Å²) in [5.41, 5.74) is 2.16. The Morgan fingerprint density at radius 3 is 2.56 bits per heavy atom. The summed E-state index contributed by atoms with van der Waals surface area (Å²) < 4.78 is 6.66. The van der Waals surface area contributed by atoms with Crippen molar-refractivity contribution in [1.29, 1.82) is 0 Å². The van der Waals surface area contributed by atoms with Gasteiger partial charge in [-0.15, -0.1) is 0 Å². The molecular formula is C25H17BrCl2N2O4. The van der Waals surface area contributed by atoms with Crippen LogP contribution in [0.1, 0.15) is 16.7 Å². The van der Waals surface area contributed by atoms with Gasteiger partial charge >= 0.3 is 6.03 Å². The van der Waals surface area contributed by atoms with Gasteiger partial charge in [-0.2, -0.15) is 0 Å². The lowest BCUT2D eigenvalue weighted by Gasteiger charge is -2.26. The number of hydrogen-bond donors (Lipinski definition) is 1. The van der Waals surface area contributed by atoms with Gasteiger partial charge in [-0.3, -0.25) is 14.9 Å². The van der Waals surface area contributed by atoms with Gasteiger partial charge in [0.2, 0.25) is 0 Å². The van der Waals surface area contributed by atoms with Crippen LogP contribution in [0.15, 0.2) is 70.7 Å². The summed E-state index contributed by atoms with van der Waals surface area (Å²) in [6.07, 6.45) is 1.39. The summed E-state index contributed by atoms with van der Waals surface area (Å²) in [6, 6.07) is 16.4. The van der Waals surface area contributed by atoms with Gasteiger partial charge < -0.3 is 4.74 Å². The minimum Gasteiger partial charge on any atom is -0.488 e. The molecule has 4 amide bonds. The summed E-state index contributed by atoms with van der Waals surface area (Å²) in [6.45, 7) is 2.03. The predicted octanol–water partition coefficient (Wildman–Crippen LogP) is 6.31.